The zero-order valence-electron chi connectivity index (χ0n) is 7.49. The highest BCUT2D eigenvalue weighted by molar-refractivity contribution is 5.59. The van der Waals surface area contributed by atoms with Crippen molar-refractivity contribution < 1.29 is 4.79 Å². The van der Waals surface area contributed by atoms with Gasteiger partial charge in [-0.3, -0.25) is 0 Å². The molecular weight excluding hydrogens is 164 g/mol. The Morgan fingerprint density at radius 2 is 2.46 bits per heavy atom. The first kappa shape index (κ1) is 8.70. The summed E-state index contributed by atoms with van der Waals surface area (Å²) < 4.78 is 0. The van der Waals surface area contributed by atoms with Gasteiger partial charge in [0.2, 0.25) is 0 Å². The second kappa shape index (κ2) is 3.46. The zero-order chi connectivity index (χ0) is 9.26. The first-order chi connectivity index (χ1) is 6.36. The molecule has 0 aromatic heterocycles. The minimum absolute atomic E-state index is 0.211. The third-order valence-corrected chi connectivity index (χ3v) is 3.12. The van der Waals surface area contributed by atoms with Crippen LogP contribution in [-0.4, -0.2) is 25.6 Å². The van der Waals surface area contributed by atoms with Gasteiger partial charge in [-0.15, -0.1) is 0 Å². The lowest BCUT2D eigenvalue weighted by atomic mass is 9.75. The van der Waals surface area contributed by atoms with E-state index < -0.39 is 0 Å². The summed E-state index contributed by atoms with van der Waals surface area (Å²) in [5.74, 6) is 3.27. The molecule has 2 rings (SSSR count). The number of fused-ring (bicyclic) bond motifs is 1. The summed E-state index contributed by atoms with van der Waals surface area (Å²) in [6, 6.07) is 0. The van der Waals surface area contributed by atoms with Crippen LogP contribution < -0.4 is 11.1 Å². The van der Waals surface area contributed by atoms with Crippen LogP contribution in [0.25, 0.3) is 0 Å². The Hall–Kier alpha value is -0.890. The van der Waals surface area contributed by atoms with Crippen molar-refractivity contribution in [3.8, 4) is 0 Å². The predicted octanol–water partition coefficient (Wildman–Crippen LogP) is -0.275. The monoisotopic (exact) mass is 178 g/mol. The van der Waals surface area contributed by atoms with Crippen LogP contribution in [0.4, 0.5) is 0 Å². The number of rotatable bonds is 1. The van der Waals surface area contributed by atoms with E-state index in [0.29, 0.717) is 18.4 Å². The molecule has 0 radical (unpaired) electrons. The highest BCUT2D eigenvalue weighted by atomic mass is 16.1. The average molecular weight is 178 g/mol. The van der Waals surface area contributed by atoms with Crippen LogP contribution in [0.15, 0.2) is 17.7 Å². The van der Waals surface area contributed by atoms with Gasteiger partial charge in [0.05, 0.1) is 0 Å². The summed E-state index contributed by atoms with van der Waals surface area (Å²) >= 11 is 0. The highest BCUT2D eigenvalue weighted by Gasteiger charge is 2.35. The summed E-state index contributed by atoms with van der Waals surface area (Å²) in [7, 11) is 0. The summed E-state index contributed by atoms with van der Waals surface area (Å²) in [6.45, 7) is 2.55. The fraction of sp³-hybridized carbons (Fsp3) is 0.600. The Kier molecular flexibility index (Phi) is 2.32. The molecular formula is C10H14N2O. The number of nitrogens with two attached hydrogens (primary N) is 1. The molecule has 1 aliphatic heterocycles. The molecule has 0 saturated carbocycles. The molecule has 0 aromatic rings. The van der Waals surface area contributed by atoms with Crippen molar-refractivity contribution in [3.05, 3.63) is 17.7 Å². The topological polar surface area (TPSA) is 55.1 Å². The van der Waals surface area contributed by atoms with Crippen molar-refractivity contribution in [1.29, 1.82) is 0 Å². The number of nitrogens with one attached hydrogen (secondary N) is 1. The SMILES string of the molecule is NCC1C(=C=O)C=CC2CNCC21. The van der Waals surface area contributed by atoms with E-state index in [9.17, 15) is 4.79 Å². The van der Waals surface area contributed by atoms with Gasteiger partial charge in [0, 0.05) is 24.6 Å². The Morgan fingerprint density at radius 1 is 1.62 bits per heavy atom. The molecule has 3 unspecified atom stereocenters. The van der Waals surface area contributed by atoms with Crippen molar-refractivity contribution in [3.63, 3.8) is 0 Å². The Labute approximate surface area is 77.7 Å². The molecule has 1 saturated heterocycles. The van der Waals surface area contributed by atoms with Gasteiger partial charge in [0.25, 0.3) is 0 Å². The smallest absolute Gasteiger partial charge is 0.128 e. The molecule has 0 aromatic carbocycles. The van der Waals surface area contributed by atoms with E-state index in [1.807, 2.05) is 12.0 Å². The average Bonchev–Trinajstić information content (AvgIpc) is 2.63. The molecule has 3 nitrogen and oxygen atoms in total. The van der Waals surface area contributed by atoms with Crippen LogP contribution in [0, 0.1) is 17.8 Å². The summed E-state index contributed by atoms with van der Waals surface area (Å²) in [5, 5.41) is 3.32. The third kappa shape index (κ3) is 1.35. The second-order valence-corrected chi connectivity index (χ2v) is 3.74. The van der Waals surface area contributed by atoms with Gasteiger partial charge in [0.15, 0.2) is 0 Å². The van der Waals surface area contributed by atoms with Gasteiger partial charge in [-0.2, -0.15) is 0 Å². The first-order valence-electron chi connectivity index (χ1n) is 4.70. The second-order valence-electron chi connectivity index (χ2n) is 3.74. The van der Waals surface area contributed by atoms with Gasteiger partial charge in [0.1, 0.15) is 5.94 Å². The lowest BCUT2D eigenvalue weighted by molar-refractivity contribution is 0.357. The van der Waals surface area contributed by atoms with Crippen molar-refractivity contribution in [1.82, 2.24) is 5.32 Å². The zero-order valence-corrected chi connectivity index (χ0v) is 7.49. The molecule has 70 valence electrons. The van der Waals surface area contributed by atoms with Gasteiger partial charge in [-0.1, -0.05) is 12.2 Å². The minimum atomic E-state index is 0.211. The number of hydrogen-bond acceptors (Lipinski definition) is 3. The number of allylic oxidation sites excluding steroid dienone is 1. The van der Waals surface area contributed by atoms with Gasteiger partial charge in [-0.05, 0) is 18.4 Å². The van der Waals surface area contributed by atoms with E-state index in [1.165, 1.54) is 0 Å². The molecule has 3 N–H and O–H groups in total. The largest absolute Gasteiger partial charge is 0.330 e. The van der Waals surface area contributed by atoms with Gasteiger partial charge < -0.3 is 11.1 Å². The lowest BCUT2D eigenvalue weighted by Crippen LogP contribution is -2.32. The molecule has 13 heavy (non-hydrogen) atoms. The summed E-state index contributed by atoms with van der Waals surface area (Å²) in [6.07, 6.45) is 4.00. The fourth-order valence-electron chi connectivity index (χ4n) is 2.36. The molecule has 0 spiro atoms. The van der Waals surface area contributed by atoms with Crippen LogP contribution in [0.5, 0.6) is 0 Å². The first-order valence-corrected chi connectivity index (χ1v) is 4.70. The number of carbonyl (C=O) groups excluding carboxylic acids is 1. The molecule has 1 heterocycles. The fourth-order valence-corrected chi connectivity index (χ4v) is 2.36. The third-order valence-electron chi connectivity index (χ3n) is 3.12. The minimum Gasteiger partial charge on any atom is -0.330 e. The Balaban J connectivity index is 2.30. The van der Waals surface area contributed by atoms with E-state index in [4.69, 9.17) is 5.73 Å². The van der Waals surface area contributed by atoms with Crippen molar-refractivity contribution in [2.24, 2.45) is 23.5 Å². The normalized spacial score (nSPS) is 37.3. The molecule has 1 fully saturated rings. The number of hydrogen-bond donors (Lipinski definition) is 2. The van der Waals surface area contributed by atoms with Crippen molar-refractivity contribution >= 4 is 5.94 Å². The van der Waals surface area contributed by atoms with Crippen molar-refractivity contribution in [2.75, 3.05) is 19.6 Å². The standard InChI is InChI=1S/C10H14N2O/c11-3-9-8(6-13)2-1-7-4-12-5-10(7)9/h1-2,7,9-10,12H,3-5,11H2. The quantitative estimate of drug-likeness (QED) is 0.543. The van der Waals surface area contributed by atoms with Crippen molar-refractivity contribution in [2.45, 2.75) is 0 Å². The Morgan fingerprint density at radius 3 is 3.15 bits per heavy atom. The highest BCUT2D eigenvalue weighted by Crippen LogP contribution is 2.34. The van der Waals surface area contributed by atoms with E-state index in [2.05, 4.69) is 11.4 Å². The molecule has 3 atom stereocenters. The molecule has 1 aliphatic carbocycles. The molecule has 2 aliphatic rings. The summed E-state index contributed by atoms with van der Waals surface area (Å²) in [5.41, 5.74) is 6.41. The maximum absolute atomic E-state index is 10.6. The molecule has 0 bridgehead atoms. The van der Waals surface area contributed by atoms with Crippen LogP contribution in [0.1, 0.15) is 0 Å². The van der Waals surface area contributed by atoms with Crippen LogP contribution in [0.2, 0.25) is 0 Å². The predicted molar refractivity (Wildman–Crippen MR) is 50.7 cm³/mol. The lowest BCUT2D eigenvalue weighted by Gasteiger charge is -2.28. The van der Waals surface area contributed by atoms with Crippen LogP contribution in [-0.2, 0) is 4.79 Å². The maximum atomic E-state index is 10.6. The van der Waals surface area contributed by atoms with E-state index in [1.54, 1.807) is 0 Å². The molecule has 3 heteroatoms. The van der Waals surface area contributed by atoms with E-state index in [0.717, 1.165) is 18.7 Å². The molecule has 0 amide bonds. The Bertz CT molecular complexity index is 279. The van der Waals surface area contributed by atoms with Gasteiger partial charge >= 0.3 is 0 Å². The summed E-state index contributed by atoms with van der Waals surface area (Å²) in [4.78, 5) is 10.6. The van der Waals surface area contributed by atoms with E-state index in [-0.39, 0.29) is 5.92 Å². The van der Waals surface area contributed by atoms with Crippen LogP contribution in [0.3, 0.4) is 0 Å². The maximum Gasteiger partial charge on any atom is 0.128 e. The van der Waals surface area contributed by atoms with Crippen LogP contribution >= 0.6 is 0 Å². The van der Waals surface area contributed by atoms with E-state index >= 15 is 0 Å². The van der Waals surface area contributed by atoms with Gasteiger partial charge in [-0.25, -0.2) is 4.79 Å².